The number of carbonyl (C=O) groups excluding carboxylic acids is 2. The molecule has 0 unspecified atom stereocenters. The summed E-state index contributed by atoms with van der Waals surface area (Å²) in [4.78, 5) is 31.8. The van der Waals surface area contributed by atoms with Gasteiger partial charge in [0.15, 0.2) is 0 Å². The highest BCUT2D eigenvalue weighted by Crippen LogP contribution is 2.29. The number of carbonyl (C=O) groups is 2. The predicted octanol–water partition coefficient (Wildman–Crippen LogP) is 4.28. The van der Waals surface area contributed by atoms with Crippen LogP contribution in [0.5, 0.6) is 0 Å². The highest BCUT2D eigenvalue weighted by molar-refractivity contribution is 7.91. The second-order valence-electron chi connectivity index (χ2n) is 13.3. The first-order valence-electron chi connectivity index (χ1n) is 16.3. The molecular weight excluding hydrogens is 613 g/mol. The topological polar surface area (TPSA) is 117 Å². The fraction of sp³-hybridized carbons (Fsp3) is 0.647. The number of hydrogen-bond acceptors (Lipinski definition) is 9. The maximum absolute atomic E-state index is 14.9. The molecule has 0 aliphatic carbocycles. The fourth-order valence-corrected chi connectivity index (χ4v) is 7.80. The number of piperazine rings is 1. The second-order valence-corrected chi connectivity index (χ2v) is 15.6. The highest BCUT2D eigenvalue weighted by atomic mass is 32.2. The summed E-state index contributed by atoms with van der Waals surface area (Å²) in [5.74, 6) is -1.14. The molecule has 12 heteroatoms. The number of halogens is 1. The van der Waals surface area contributed by atoms with Crippen molar-refractivity contribution in [3.8, 4) is 0 Å². The molecule has 1 amide bonds. The van der Waals surface area contributed by atoms with Gasteiger partial charge in [0.1, 0.15) is 27.9 Å². The lowest BCUT2D eigenvalue weighted by atomic mass is 9.91. The Morgan fingerprint density at radius 2 is 1.74 bits per heavy atom. The van der Waals surface area contributed by atoms with Crippen molar-refractivity contribution in [2.24, 2.45) is 11.8 Å². The molecule has 2 fully saturated rings. The van der Waals surface area contributed by atoms with E-state index in [1.165, 1.54) is 12.1 Å². The van der Waals surface area contributed by atoms with Crippen molar-refractivity contribution in [1.82, 2.24) is 9.80 Å². The SMILES string of the molecule is C/C(=C\c1cc(F)cc(N(C)C2CCS(=O)(=O)CC2)c1)[C@H]1OC(=O)C[C@H](O)CC[C@H](C)[C@@H](OC(=O)N2CCN(C)CC2)/C=C\[C@@H]1C. The van der Waals surface area contributed by atoms with Crippen LogP contribution in [0.1, 0.15) is 58.4 Å². The Bertz CT molecular complexity index is 1380. The third-order valence-corrected chi connectivity index (χ3v) is 11.2. The number of esters is 1. The van der Waals surface area contributed by atoms with E-state index in [0.29, 0.717) is 55.6 Å². The normalized spacial score (nSPS) is 29.6. The molecule has 2 saturated heterocycles. The van der Waals surface area contributed by atoms with Crippen molar-refractivity contribution in [1.29, 1.82) is 0 Å². The minimum Gasteiger partial charge on any atom is -0.457 e. The van der Waals surface area contributed by atoms with Crippen LogP contribution in [0.3, 0.4) is 0 Å². The van der Waals surface area contributed by atoms with Gasteiger partial charge in [-0.05, 0) is 81.0 Å². The van der Waals surface area contributed by atoms with Crippen molar-refractivity contribution in [2.75, 3.05) is 56.7 Å². The number of cyclic esters (lactones) is 1. The lowest BCUT2D eigenvalue weighted by Crippen LogP contribution is -2.48. The molecule has 46 heavy (non-hydrogen) atoms. The van der Waals surface area contributed by atoms with Crippen molar-refractivity contribution in [3.05, 3.63) is 47.3 Å². The Morgan fingerprint density at radius 1 is 1.07 bits per heavy atom. The second kappa shape index (κ2) is 15.8. The summed E-state index contributed by atoms with van der Waals surface area (Å²) in [5.41, 5.74) is 1.89. The van der Waals surface area contributed by atoms with Gasteiger partial charge < -0.3 is 29.3 Å². The first kappa shape index (κ1) is 35.9. The number of ether oxygens (including phenoxy) is 2. The molecule has 4 rings (SSSR count). The van der Waals surface area contributed by atoms with E-state index >= 15 is 0 Å². The van der Waals surface area contributed by atoms with Gasteiger partial charge in [0.25, 0.3) is 0 Å². The zero-order valence-corrected chi connectivity index (χ0v) is 28.5. The van der Waals surface area contributed by atoms with Crippen LogP contribution in [0, 0.1) is 17.7 Å². The molecule has 256 valence electrons. The van der Waals surface area contributed by atoms with E-state index in [1.807, 2.05) is 58.0 Å². The van der Waals surface area contributed by atoms with Gasteiger partial charge in [-0.25, -0.2) is 17.6 Å². The summed E-state index contributed by atoms with van der Waals surface area (Å²) in [6.45, 7) is 8.44. The number of rotatable bonds is 5. The summed E-state index contributed by atoms with van der Waals surface area (Å²) < 4.78 is 50.6. The summed E-state index contributed by atoms with van der Waals surface area (Å²) >= 11 is 0. The number of benzene rings is 1. The van der Waals surface area contributed by atoms with Gasteiger partial charge >= 0.3 is 12.1 Å². The Kier molecular flexibility index (Phi) is 12.3. The number of nitrogens with zero attached hydrogens (tertiary/aromatic N) is 3. The minimum atomic E-state index is -3.02. The van der Waals surface area contributed by atoms with E-state index in [4.69, 9.17) is 9.47 Å². The van der Waals surface area contributed by atoms with Crippen molar-refractivity contribution in [3.63, 3.8) is 0 Å². The van der Waals surface area contributed by atoms with Gasteiger partial charge in [-0.1, -0.05) is 26.0 Å². The van der Waals surface area contributed by atoms with Crippen molar-refractivity contribution >= 4 is 33.7 Å². The van der Waals surface area contributed by atoms with Gasteiger partial charge in [0.05, 0.1) is 24.0 Å². The third-order valence-electron chi connectivity index (χ3n) is 9.48. The van der Waals surface area contributed by atoms with E-state index in [2.05, 4.69) is 4.90 Å². The molecule has 0 spiro atoms. The molecule has 3 aliphatic rings. The molecule has 0 aromatic heterocycles. The highest BCUT2D eigenvalue weighted by Gasteiger charge is 2.30. The van der Waals surface area contributed by atoms with E-state index in [1.54, 1.807) is 11.0 Å². The van der Waals surface area contributed by atoms with Gasteiger partial charge in [0, 0.05) is 50.9 Å². The fourth-order valence-electron chi connectivity index (χ4n) is 6.33. The summed E-state index contributed by atoms with van der Waals surface area (Å²) in [6.07, 6.45) is 4.74. The van der Waals surface area contributed by atoms with E-state index in [-0.39, 0.29) is 41.9 Å². The number of aliphatic hydroxyl groups excluding tert-OH is 1. The number of sulfone groups is 1. The average Bonchev–Trinajstić information content (AvgIpc) is 2.99. The molecular formula is C34H50FN3O7S. The molecule has 0 radical (unpaired) electrons. The predicted molar refractivity (Wildman–Crippen MR) is 177 cm³/mol. The Morgan fingerprint density at radius 3 is 2.41 bits per heavy atom. The maximum Gasteiger partial charge on any atom is 0.410 e. The molecule has 0 saturated carbocycles. The molecule has 3 aliphatic heterocycles. The number of anilines is 1. The van der Waals surface area contributed by atoms with Gasteiger partial charge in [-0.15, -0.1) is 0 Å². The minimum absolute atomic E-state index is 0.0206. The van der Waals surface area contributed by atoms with Crippen LogP contribution in [0.4, 0.5) is 14.9 Å². The van der Waals surface area contributed by atoms with Crippen molar-refractivity contribution in [2.45, 2.75) is 77.2 Å². The van der Waals surface area contributed by atoms with Crippen molar-refractivity contribution < 1.29 is 37.0 Å². The smallest absolute Gasteiger partial charge is 0.410 e. The van der Waals surface area contributed by atoms with Gasteiger partial charge in [0.2, 0.25) is 0 Å². The Balaban J connectivity index is 1.56. The number of amides is 1. The number of hydrogen-bond donors (Lipinski definition) is 1. The number of likely N-dealkylation sites (N-methyl/N-ethyl adjacent to an activating group) is 1. The van der Waals surface area contributed by atoms with Crippen LogP contribution in [-0.2, 0) is 24.1 Å². The lowest BCUT2D eigenvalue weighted by molar-refractivity contribution is -0.151. The average molecular weight is 664 g/mol. The molecule has 1 aromatic carbocycles. The summed E-state index contributed by atoms with van der Waals surface area (Å²) in [6, 6.07) is 4.66. The number of aliphatic hydroxyl groups is 1. The monoisotopic (exact) mass is 663 g/mol. The van der Waals surface area contributed by atoms with Crippen LogP contribution in [0.15, 0.2) is 35.9 Å². The standard InChI is InChI=1S/C34H50FN3O7S/c1-23-6-8-30(39)22-32(40)45-33(24(2)7-9-31(23)44-34(41)38-14-12-36(4)13-15-38)25(3)18-26-19-27(35)21-29(20-26)37(5)28-10-16-46(42,43)17-11-28/h7,9,18-21,23-24,28,30-31,33,39H,6,8,10-17,22H2,1-5H3/b9-7-,25-18+/t23-,24-,30+,31-,33-/m0/s1. The van der Waals surface area contributed by atoms with Crippen LogP contribution in [0.25, 0.3) is 6.08 Å². The first-order chi connectivity index (χ1) is 21.7. The van der Waals surface area contributed by atoms with E-state index in [0.717, 1.165) is 13.1 Å². The van der Waals surface area contributed by atoms with Crippen LogP contribution >= 0.6 is 0 Å². The Hall–Kier alpha value is -2.96. The van der Waals surface area contributed by atoms with Crippen LogP contribution in [0.2, 0.25) is 0 Å². The summed E-state index contributed by atoms with van der Waals surface area (Å²) in [5, 5.41) is 10.6. The Labute approximate surface area is 273 Å². The largest absolute Gasteiger partial charge is 0.457 e. The molecule has 1 aromatic rings. The van der Waals surface area contributed by atoms with E-state index < -0.39 is 39.9 Å². The molecule has 3 heterocycles. The van der Waals surface area contributed by atoms with E-state index in [9.17, 15) is 27.5 Å². The van der Waals surface area contributed by atoms with Gasteiger partial charge in [-0.2, -0.15) is 0 Å². The van der Waals surface area contributed by atoms with Gasteiger partial charge in [-0.3, -0.25) is 4.79 Å². The maximum atomic E-state index is 14.9. The van der Waals surface area contributed by atoms with Crippen LogP contribution in [-0.4, -0.2) is 112 Å². The molecule has 1 N–H and O–H groups in total. The molecule has 0 bridgehead atoms. The quantitative estimate of drug-likeness (QED) is 0.364. The zero-order chi connectivity index (χ0) is 33.6. The third kappa shape index (κ3) is 10.0. The molecule has 5 atom stereocenters. The molecule has 10 nitrogen and oxygen atoms in total. The first-order valence-corrected chi connectivity index (χ1v) is 18.1. The summed E-state index contributed by atoms with van der Waals surface area (Å²) in [7, 11) is 0.841. The lowest BCUT2D eigenvalue weighted by Gasteiger charge is -2.33. The zero-order valence-electron chi connectivity index (χ0n) is 27.7. The van der Waals surface area contributed by atoms with Crippen LogP contribution < -0.4 is 4.90 Å².